The summed E-state index contributed by atoms with van der Waals surface area (Å²) in [4.78, 5) is 5.15. The fraction of sp³-hybridized carbons (Fsp3) is 0.0526. The van der Waals surface area contributed by atoms with Crippen molar-refractivity contribution in [3.8, 4) is 11.5 Å². The molecule has 2 aromatic carbocycles. The molecule has 4 aromatic rings. The summed E-state index contributed by atoms with van der Waals surface area (Å²) in [6.45, 7) is 0. The molecular weight excluding hydrogens is 445 g/mol. The minimum atomic E-state index is 0.784. The van der Waals surface area contributed by atoms with Gasteiger partial charge in [-0.05, 0) is 40.8 Å². The van der Waals surface area contributed by atoms with Crippen molar-refractivity contribution in [3.05, 3.63) is 73.9 Å². The summed E-state index contributed by atoms with van der Waals surface area (Å²) in [5.41, 5.74) is 2.83. The molecule has 2 aromatic heterocycles. The lowest BCUT2D eigenvalue weighted by Gasteiger charge is -2.01. The maximum Gasteiger partial charge on any atom is 0.206 e. The zero-order chi connectivity index (χ0) is 17.2. The highest BCUT2D eigenvalue weighted by Gasteiger charge is 2.12. The first kappa shape index (κ1) is 16.3. The van der Waals surface area contributed by atoms with Gasteiger partial charge in [0.05, 0.1) is 6.21 Å². The zero-order valence-electron chi connectivity index (χ0n) is 13.4. The Morgan fingerprint density at radius 2 is 1.92 bits per heavy atom. The van der Waals surface area contributed by atoms with Crippen LogP contribution in [0.2, 0.25) is 0 Å². The highest BCUT2D eigenvalue weighted by molar-refractivity contribution is 14.1. The Balaban J connectivity index is 1.83. The normalized spacial score (nSPS) is 12.5. The van der Waals surface area contributed by atoms with Crippen molar-refractivity contribution in [3.63, 3.8) is 0 Å². The summed E-state index contributed by atoms with van der Waals surface area (Å²) in [6, 6.07) is 18.2. The molecule has 124 valence electrons. The van der Waals surface area contributed by atoms with Gasteiger partial charge in [-0.15, -0.1) is 11.3 Å². The summed E-state index contributed by atoms with van der Waals surface area (Å²) in [7, 11) is 1.77. The van der Waals surface area contributed by atoms with Gasteiger partial charge >= 0.3 is 0 Å². The highest BCUT2D eigenvalue weighted by atomic mass is 127. The average Bonchev–Trinajstić information content (AvgIpc) is 3.24. The molecule has 0 spiro atoms. The van der Waals surface area contributed by atoms with Crippen molar-refractivity contribution in [2.45, 2.75) is 0 Å². The zero-order valence-corrected chi connectivity index (χ0v) is 16.4. The van der Waals surface area contributed by atoms with Crippen molar-refractivity contribution < 1.29 is 4.42 Å². The maximum absolute atomic E-state index is 6.00. The third-order valence-corrected chi connectivity index (χ3v) is 5.66. The third-order valence-electron chi connectivity index (χ3n) is 3.77. The van der Waals surface area contributed by atoms with Crippen LogP contribution in [-0.2, 0) is 0 Å². The van der Waals surface area contributed by atoms with Crippen LogP contribution in [-0.4, -0.2) is 17.9 Å². The van der Waals surface area contributed by atoms with Crippen LogP contribution in [0.4, 0.5) is 0 Å². The molecule has 0 bridgehead atoms. The molecule has 4 nitrogen and oxygen atoms in total. The lowest BCUT2D eigenvalue weighted by Crippen LogP contribution is -2.11. The number of thiazole rings is 1. The fourth-order valence-corrected chi connectivity index (χ4v) is 3.85. The van der Waals surface area contributed by atoms with E-state index in [4.69, 9.17) is 4.42 Å². The average molecular weight is 459 g/mol. The predicted octanol–water partition coefficient (Wildman–Crippen LogP) is 4.98. The van der Waals surface area contributed by atoms with Gasteiger partial charge in [-0.2, -0.15) is 5.10 Å². The van der Waals surface area contributed by atoms with E-state index in [-0.39, 0.29) is 0 Å². The first-order chi connectivity index (χ1) is 12.3. The van der Waals surface area contributed by atoms with Gasteiger partial charge in [0.2, 0.25) is 4.80 Å². The van der Waals surface area contributed by atoms with E-state index in [0.717, 1.165) is 36.4 Å². The molecule has 25 heavy (non-hydrogen) atoms. The molecule has 0 radical (unpaired) electrons. The lowest BCUT2D eigenvalue weighted by molar-refractivity contribution is 0.622. The number of furan rings is 1. The van der Waals surface area contributed by atoms with Gasteiger partial charge < -0.3 is 4.42 Å². The Labute approximate surface area is 162 Å². The van der Waals surface area contributed by atoms with Crippen LogP contribution in [0, 0.1) is 3.57 Å². The molecule has 0 unspecified atom stereocenters. The van der Waals surface area contributed by atoms with E-state index >= 15 is 0 Å². The number of para-hydroxylation sites is 1. The van der Waals surface area contributed by atoms with Gasteiger partial charge in [0.25, 0.3) is 0 Å². The molecule has 0 aliphatic carbocycles. The van der Waals surface area contributed by atoms with Crippen LogP contribution in [0.3, 0.4) is 0 Å². The minimum Gasteiger partial charge on any atom is -0.454 e. The predicted molar refractivity (Wildman–Crippen MR) is 111 cm³/mol. The van der Waals surface area contributed by atoms with Gasteiger partial charge in [0.15, 0.2) is 5.76 Å². The standard InChI is InChI=1S/C19H14IN3OS/c1-21-19-23(22-11-14-7-2-4-8-15(14)20)16(12-25-19)18-10-13-6-3-5-9-17(13)24-18/h2-12H,1H3. The van der Waals surface area contributed by atoms with Crippen LogP contribution in [0.15, 0.2) is 74.5 Å². The molecule has 0 atom stereocenters. The Bertz CT molecular complexity index is 1100. The largest absolute Gasteiger partial charge is 0.454 e. The Morgan fingerprint density at radius 3 is 2.72 bits per heavy atom. The second-order valence-corrected chi connectivity index (χ2v) is 7.35. The summed E-state index contributed by atoms with van der Waals surface area (Å²) < 4.78 is 8.97. The molecule has 6 heteroatoms. The second-order valence-electron chi connectivity index (χ2n) is 5.35. The number of nitrogens with zero attached hydrogens (tertiary/aromatic N) is 3. The van der Waals surface area contributed by atoms with Gasteiger partial charge in [0, 0.05) is 26.9 Å². The number of hydrogen-bond donors (Lipinski definition) is 0. The van der Waals surface area contributed by atoms with Crippen LogP contribution in [0.5, 0.6) is 0 Å². The summed E-state index contributed by atoms with van der Waals surface area (Å²) in [5, 5.41) is 7.76. The molecule has 0 aliphatic heterocycles. The maximum atomic E-state index is 6.00. The van der Waals surface area contributed by atoms with E-state index in [0.29, 0.717) is 0 Å². The Morgan fingerprint density at radius 1 is 1.12 bits per heavy atom. The van der Waals surface area contributed by atoms with E-state index in [2.05, 4.69) is 38.8 Å². The molecule has 2 heterocycles. The smallest absolute Gasteiger partial charge is 0.206 e. The molecule has 4 rings (SSSR count). The summed E-state index contributed by atoms with van der Waals surface area (Å²) >= 11 is 3.85. The van der Waals surface area contributed by atoms with Gasteiger partial charge in [-0.3, -0.25) is 4.99 Å². The Hall–Kier alpha value is -2.19. The monoisotopic (exact) mass is 459 g/mol. The quantitative estimate of drug-likeness (QED) is 0.315. The van der Waals surface area contributed by atoms with Crippen LogP contribution >= 0.6 is 33.9 Å². The van der Waals surface area contributed by atoms with Crippen molar-refractivity contribution in [1.82, 2.24) is 4.68 Å². The van der Waals surface area contributed by atoms with Gasteiger partial charge in [-0.25, -0.2) is 4.68 Å². The number of hydrogen-bond acceptors (Lipinski definition) is 4. The summed E-state index contributed by atoms with van der Waals surface area (Å²) in [5.74, 6) is 0.784. The van der Waals surface area contributed by atoms with Crippen molar-refractivity contribution in [2.24, 2.45) is 10.1 Å². The van der Waals surface area contributed by atoms with Crippen molar-refractivity contribution in [1.29, 1.82) is 0 Å². The lowest BCUT2D eigenvalue weighted by atomic mass is 10.2. The SMILES string of the molecule is CN=c1scc(-c2cc3ccccc3o2)n1N=Cc1ccccc1I. The van der Waals surface area contributed by atoms with Crippen LogP contribution in [0.25, 0.3) is 22.4 Å². The first-order valence-electron chi connectivity index (χ1n) is 7.67. The third kappa shape index (κ3) is 3.19. The van der Waals surface area contributed by atoms with E-state index in [9.17, 15) is 0 Å². The molecule has 0 saturated carbocycles. The second kappa shape index (κ2) is 6.97. The minimum absolute atomic E-state index is 0.784. The van der Waals surface area contributed by atoms with Crippen LogP contribution < -0.4 is 4.80 Å². The summed E-state index contributed by atoms with van der Waals surface area (Å²) in [6.07, 6.45) is 1.86. The number of rotatable bonds is 3. The van der Waals surface area contributed by atoms with E-state index in [1.54, 1.807) is 18.4 Å². The highest BCUT2D eigenvalue weighted by Crippen LogP contribution is 2.28. The van der Waals surface area contributed by atoms with Crippen molar-refractivity contribution >= 4 is 51.1 Å². The van der Waals surface area contributed by atoms with Crippen LogP contribution in [0.1, 0.15) is 5.56 Å². The van der Waals surface area contributed by atoms with E-state index in [1.807, 2.05) is 64.8 Å². The number of halogens is 1. The van der Waals surface area contributed by atoms with Gasteiger partial charge in [0.1, 0.15) is 11.3 Å². The Kier molecular flexibility index (Phi) is 4.54. The molecule has 0 amide bonds. The van der Waals surface area contributed by atoms with E-state index in [1.165, 1.54) is 0 Å². The molecule has 0 aliphatic rings. The topological polar surface area (TPSA) is 42.8 Å². The molecule has 0 N–H and O–H groups in total. The molecular formula is C19H14IN3OS. The van der Waals surface area contributed by atoms with Gasteiger partial charge in [-0.1, -0.05) is 36.4 Å². The number of fused-ring (bicyclic) bond motifs is 1. The molecule has 0 fully saturated rings. The van der Waals surface area contributed by atoms with E-state index < -0.39 is 0 Å². The fourth-order valence-electron chi connectivity index (χ4n) is 2.54. The number of aromatic nitrogens is 1. The molecule has 0 saturated heterocycles. The van der Waals surface area contributed by atoms with Crippen molar-refractivity contribution in [2.75, 3.05) is 7.05 Å². The first-order valence-corrected chi connectivity index (χ1v) is 9.63. The number of benzene rings is 2.